The van der Waals surface area contributed by atoms with E-state index in [1.165, 1.54) is 0 Å². The van der Waals surface area contributed by atoms with Crippen LogP contribution in [0.4, 0.5) is 0 Å². The fourth-order valence-electron chi connectivity index (χ4n) is 1.47. The Balaban J connectivity index is 2.47. The lowest BCUT2D eigenvalue weighted by Crippen LogP contribution is -2.43. The molecule has 2 N–H and O–H groups in total. The van der Waals surface area contributed by atoms with Gasteiger partial charge in [0.25, 0.3) is 0 Å². The summed E-state index contributed by atoms with van der Waals surface area (Å²) >= 11 is 3.39. The van der Waals surface area contributed by atoms with E-state index in [9.17, 15) is 4.79 Å². The first-order valence-corrected chi connectivity index (χ1v) is 6.87. The summed E-state index contributed by atoms with van der Waals surface area (Å²) in [7, 11) is 0. The SMILES string of the molecule is C[C@@H](NC(=O)CNC(C)(C)C)c1ccc(Br)cc1. The van der Waals surface area contributed by atoms with Gasteiger partial charge in [0.15, 0.2) is 0 Å². The molecule has 0 aliphatic heterocycles. The van der Waals surface area contributed by atoms with Gasteiger partial charge in [0.05, 0.1) is 12.6 Å². The van der Waals surface area contributed by atoms with Crippen molar-refractivity contribution in [2.24, 2.45) is 0 Å². The van der Waals surface area contributed by atoms with Gasteiger partial charge in [-0.2, -0.15) is 0 Å². The third-order valence-corrected chi connectivity index (χ3v) is 3.06. The quantitative estimate of drug-likeness (QED) is 0.897. The van der Waals surface area contributed by atoms with Crippen LogP contribution in [0.15, 0.2) is 28.7 Å². The maximum atomic E-state index is 11.8. The highest BCUT2D eigenvalue weighted by molar-refractivity contribution is 9.10. The van der Waals surface area contributed by atoms with Crippen LogP contribution in [0.5, 0.6) is 0 Å². The molecule has 0 radical (unpaired) electrons. The Kier molecular flexibility index (Phi) is 5.35. The molecule has 0 heterocycles. The van der Waals surface area contributed by atoms with Gasteiger partial charge in [-0.15, -0.1) is 0 Å². The summed E-state index contributed by atoms with van der Waals surface area (Å²) in [6.45, 7) is 8.44. The van der Waals surface area contributed by atoms with Crippen molar-refractivity contribution in [1.29, 1.82) is 0 Å². The van der Waals surface area contributed by atoms with Gasteiger partial charge in [0.1, 0.15) is 0 Å². The van der Waals surface area contributed by atoms with Crippen molar-refractivity contribution < 1.29 is 4.79 Å². The molecule has 1 aromatic rings. The zero-order valence-corrected chi connectivity index (χ0v) is 13.0. The van der Waals surface area contributed by atoms with Crippen molar-refractivity contribution in [3.8, 4) is 0 Å². The first kappa shape index (κ1) is 15.2. The van der Waals surface area contributed by atoms with Crippen LogP contribution >= 0.6 is 15.9 Å². The third kappa shape index (κ3) is 5.65. The average Bonchev–Trinajstić information content (AvgIpc) is 2.26. The Labute approximate surface area is 117 Å². The van der Waals surface area contributed by atoms with Crippen molar-refractivity contribution in [1.82, 2.24) is 10.6 Å². The number of carbonyl (C=O) groups excluding carboxylic acids is 1. The Hall–Kier alpha value is -0.870. The van der Waals surface area contributed by atoms with Crippen LogP contribution in [0.1, 0.15) is 39.3 Å². The Morgan fingerprint density at radius 2 is 1.83 bits per heavy atom. The van der Waals surface area contributed by atoms with E-state index in [-0.39, 0.29) is 17.5 Å². The summed E-state index contributed by atoms with van der Waals surface area (Å²) in [6, 6.07) is 7.99. The number of benzene rings is 1. The van der Waals surface area contributed by atoms with Gasteiger partial charge in [-0.25, -0.2) is 0 Å². The molecule has 18 heavy (non-hydrogen) atoms. The Morgan fingerprint density at radius 1 is 1.28 bits per heavy atom. The van der Waals surface area contributed by atoms with Crippen LogP contribution < -0.4 is 10.6 Å². The number of hydrogen-bond acceptors (Lipinski definition) is 2. The van der Waals surface area contributed by atoms with E-state index >= 15 is 0 Å². The molecule has 0 spiro atoms. The molecule has 0 aromatic heterocycles. The zero-order valence-electron chi connectivity index (χ0n) is 11.4. The summed E-state index contributed by atoms with van der Waals surface area (Å²) in [5.74, 6) is 0.0142. The van der Waals surface area contributed by atoms with E-state index in [4.69, 9.17) is 0 Å². The van der Waals surface area contributed by atoms with E-state index in [1.54, 1.807) is 0 Å². The molecule has 3 nitrogen and oxygen atoms in total. The van der Waals surface area contributed by atoms with E-state index in [2.05, 4.69) is 26.6 Å². The fourth-order valence-corrected chi connectivity index (χ4v) is 1.74. The monoisotopic (exact) mass is 312 g/mol. The molecule has 0 unspecified atom stereocenters. The van der Waals surface area contributed by atoms with Crippen LogP contribution in [0.25, 0.3) is 0 Å². The molecular formula is C14H21BrN2O. The largest absolute Gasteiger partial charge is 0.348 e. The zero-order chi connectivity index (χ0) is 13.8. The maximum absolute atomic E-state index is 11.8. The number of hydrogen-bond donors (Lipinski definition) is 2. The van der Waals surface area contributed by atoms with Crippen LogP contribution in [0, 0.1) is 0 Å². The van der Waals surface area contributed by atoms with Crippen molar-refractivity contribution in [3.05, 3.63) is 34.3 Å². The lowest BCUT2D eigenvalue weighted by atomic mass is 10.1. The molecule has 1 aromatic carbocycles. The second-order valence-corrected chi connectivity index (χ2v) is 6.36. The van der Waals surface area contributed by atoms with Gasteiger partial charge >= 0.3 is 0 Å². The maximum Gasteiger partial charge on any atom is 0.234 e. The normalized spacial score (nSPS) is 13.2. The molecule has 0 bridgehead atoms. The number of nitrogens with one attached hydrogen (secondary N) is 2. The van der Waals surface area contributed by atoms with Gasteiger partial charge < -0.3 is 10.6 Å². The molecule has 1 atom stereocenters. The van der Waals surface area contributed by atoms with Gasteiger partial charge in [0, 0.05) is 10.0 Å². The van der Waals surface area contributed by atoms with Crippen LogP contribution in [0.3, 0.4) is 0 Å². The summed E-state index contributed by atoms with van der Waals surface area (Å²) in [4.78, 5) is 11.8. The Morgan fingerprint density at radius 3 is 2.33 bits per heavy atom. The number of halogens is 1. The van der Waals surface area contributed by atoms with E-state index < -0.39 is 0 Å². The lowest BCUT2D eigenvalue weighted by molar-refractivity contribution is -0.121. The minimum Gasteiger partial charge on any atom is -0.348 e. The van der Waals surface area contributed by atoms with Gasteiger partial charge in [-0.05, 0) is 45.4 Å². The van der Waals surface area contributed by atoms with Crippen LogP contribution in [0.2, 0.25) is 0 Å². The van der Waals surface area contributed by atoms with Crippen molar-refractivity contribution in [2.75, 3.05) is 6.54 Å². The molecule has 1 amide bonds. The minimum absolute atomic E-state index is 0.0142. The molecule has 0 saturated heterocycles. The van der Waals surface area contributed by atoms with Crippen molar-refractivity contribution in [2.45, 2.75) is 39.3 Å². The highest BCUT2D eigenvalue weighted by Crippen LogP contribution is 2.16. The van der Waals surface area contributed by atoms with Gasteiger partial charge in [0.2, 0.25) is 5.91 Å². The minimum atomic E-state index is -0.0435. The molecule has 4 heteroatoms. The van der Waals surface area contributed by atoms with Crippen LogP contribution in [-0.4, -0.2) is 18.0 Å². The first-order chi connectivity index (χ1) is 8.28. The smallest absolute Gasteiger partial charge is 0.234 e. The standard InChI is InChI=1S/C14H21BrN2O/c1-10(11-5-7-12(15)8-6-11)17-13(18)9-16-14(2,3)4/h5-8,10,16H,9H2,1-4H3,(H,17,18)/t10-/m1/s1. The summed E-state index contributed by atoms with van der Waals surface area (Å²) in [6.07, 6.45) is 0. The number of rotatable bonds is 4. The van der Waals surface area contributed by atoms with Crippen LogP contribution in [-0.2, 0) is 4.79 Å². The van der Waals surface area contributed by atoms with Crippen molar-refractivity contribution in [3.63, 3.8) is 0 Å². The molecule has 0 saturated carbocycles. The molecular weight excluding hydrogens is 292 g/mol. The number of carbonyl (C=O) groups is 1. The average molecular weight is 313 g/mol. The summed E-state index contributed by atoms with van der Waals surface area (Å²) in [5, 5.41) is 6.14. The van der Waals surface area contributed by atoms with E-state index in [0.717, 1.165) is 10.0 Å². The Bertz CT molecular complexity index is 395. The third-order valence-electron chi connectivity index (χ3n) is 2.53. The van der Waals surface area contributed by atoms with Crippen molar-refractivity contribution >= 4 is 21.8 Å². The van der Waals surface area contributed by atoms with Gasteiger partial charge in [-0.1, -0.05) is 28.1 Å². The molecule has 0 aliphatic carbocycles. The second kappa shape index (κ2) is 6.34. The van der Waals surface area contributed by atoms with Gasteiger partial charge in [-0.3, -0.25) is 4.79 Å². The topological polar surface area (TPSA) is 41.1 Å². The second-order valence-electron chi connectivity index (χ2n) is 5.44. The van der Waals surface area contributed by atoms with E-state index in [1.807, 2.05) is 52.0 Å². The molecule has 100 valence electrons. The molecule has 1 rings (SSSR count). The fraction of sp³-hybridized carbons (Fsp3) is 0.500. The highest BCUT2D eigenvalue weighted by Gasteiger charge is 2.13. The predicted octanol–water partition coefficient (Wildman–Crippen LogP) is 3.01. The van der Waals surface area contributed by atoms with E-state index in [0.29, 0.717) is 6.54 Å². The highest BCUT2D eigenvalue weighted by atomic mass is 79.9. The summed E-state index contributed by atoms with van der Waals surface area (Å²) in [5.41, 5.74) is 1.06. The lowest BCUT2D eigenvalue weighted by Gasteiger charge is -2.21. The number of amides is 1. The predicted molar refractivity (Wildman–Crippen MR) is 78.5 cm³/mol. The summed E-state index contributed by atoms with van der Waals surface area (Å²) < 4.78 is 1.04. The molecule has 0 aliphatic rings. The molecule has 0 fully saturated rings. The first-order valence-electron chi connectivity index (χ1n) is 6.08.